The van der Waals surface area contributed by atoms with Crippen molar-refractivity contribution in [1.29, 1.82) is 0 Å². The van der Waals surface area contributed by atoms with E-state index in [1.807, 2.05) is 37.3 Å². The summed E-state index contributed by atoms with van der Waals surface area (Å²) in [7, 11) is 0. The van der Waals surface area contributed by atoms with E-state index in [9.17, 15) is 18.4 Å². The van der Waals surface area contributed by atoms with E-state index in [-0.39, 0.29) is 23.7 Å². The van der Waals surface area contributed by atoms with Gasteiger partial charge in [0.05, 0.1) is 28.9 Å². The molecule has 2 N–H and O–H groups in total. The van der Waals surface area contributed by atoms with Gasteiger partial charge in [0.15, 0.2) is 0 Å². The molecular weight excluding hydrogens is 572 g/mol. The molecule has 2 saturated carbocycles. The molecule has 4 aliphatic rings. The van der Waals surface area contributed by atoms with Crippen LogP contribution in [-0.2, 0) is 4.79 Å². The quantitative estimate of drug-likeness (QED) is 0.362. The van der Waals surface area contributed by atoms with Crippen LogP contribution in [0.25, 0.3) is 5.57 Å². The minimum absolute atomic E-state index is 0.0658. The van der Waals surface area contributed by atoms with Crippen molar-refractivity contribution in [2.45, 2.75) is 38.6 Å². The molecule has 0 radical (unpaired) electrons. The highest BCUT2D eigenvalue weighted by Gasteiger charge is 2.52. The van der Waals surface area contributed by atoms with E-state index in [4.69, 9.17) is 0 Å². The van der Waals surface area contributed by atoms with Crippen molar-refractivity contribution in [2.24, 2.45) is 10.8 Å². The number of benzene rings is 2. The van der Waals surface area contributed by atoms with Crippen molar-refractivity contribution in [1.82, 2.24) is 20.5 Å². The maximum absolute atomic E-state index is 13.7. The fraction of sp³-hybridized carbons (Fsp3) is 0.417. The number of allylic oxidation sites excluding steroid dienone is 1. The third kappa shape index (κ3) is 5.74. The normalized spacial score (nSPS) is 20.2. The van der Waals surface area contributed by atoms with E-state index in [2.05, 4.69) is 32.7 Å². The molecule has 2 aliphatic heterocycles. The Morgan fingerprint density at radius 2 is 1.58 bits per heavy atom. The van der Waals surface area contributed by atoms with Crippen LogP contribution >= 0.6 is 0 Å². The zero-order valence-corrected chi connectivity index (χ0v) is 25.6. The average Bonchev–Trinajstić information content (AvgIpc) is 3.84. The van der Waals surface area contributed by atoms with E-state index in [0.29, 0.717) is 50.0 Å². The van der Waals surface area contributed by atoms with Crippen molar-refractivity contribution in [3.63, 3.8) is 0 Å². The largest absolute Gasteiger partial charge is 0.367 e. The molecule has 3 heterocycles. The highest BCUT2D eigenvalue weighted by Crippen LogP contribution is 2.52. The van der Waals surface area contributed by atoms with Crippen LogP contribution in [0.3, 0.4) is 0 Å². The number of rotatable bonds is 8. The first-order valence-electron chi connectivity index (χ1n) is 15.9. The maximum Gasteiger partial charge on any atom is 0.253 e. The number of alkyl halides is 1. The lowest BCUT2D eigenvalue weighted by Gasteiger charge is -2.52. The van der Waals surface area contributed by atoms with Gasteiger partial charge >= 0.3 is 0 Å². The second-order valence-electron chi connectivity index (χ2n) is 13.4. The lowest BCUT2D eigenvalue weighted by atomic mass is 9.60. The molecule has 45 heavy (non-hydrogen) atoms. The molecule has 7 rings (SSSR count). The molecule has 2 amide bonds. The molecule has 234 valence electrons. The van der Waals surface area contributed by atoms with Crippen LogP contribution in [0.1, 0.15) is 65.7 Å². The molecule has 1 aromatic heterocycles. The highest BCUT2D eigenvalue weighted by atomic mass is 19.1. The van der Waals surface area contributed by atoms with Crippen LogP contribution in [0.5, 0.6) is 0 Å². The van der Waals surface area contributed by atoms with Crippen LogP contribution in [-0.4, -0.2) is 67.6 Å². The van der Waals surface area contributed by atoms with Crippen LogP contribution in [0, 0.1) is 16.6 Å². The van der Waals surface area contributed by atoms with Gasteiger partial charge in [-0.25, -0.2) is 8.78 Å². The molecule has 4 fully saturated rings. The Labute approximate surface area is 262 Å². The summed E-state index contributed by atoms with van der Waals surface area (Å²) in [4.78, 5) is 34.2. The van der Waals surface area contributed by atoms with Gasteiger partial charge in [-0.15, -0.1) is 0 Å². The number of carbonyl (C=O) groups is 2. The van der Waals surface area contributed by atoms with Gasteiger partial charge in [-0.1, -0.05) is 42.0 Å². The molecule has 2 aromatic carbocycles. The number of aromatic nitrogens is 1. The number of nitrogens with one attached hydrogen (secondary N) is 2. The molecule has 7 nitrogen and oxygen atoms in total. The molecule has 2 aliphatic carbocycles. The highest BCUT2D eigenvalue weighted by molar-refractivity contribution is 5.95. The molecule has 0 unspecified atom stereocenters. The number of halogens is 2. The predicted molar refractivity (Wildman–Crippen MR) is 170 cm³/mol. The van der Waals surface area contributed by atoms with Crippen LogP contribution in [0.2, 0.25) is 0 Å². The Bertz CT molecular complexity index is 1610. The van der Waals surface area contributed by atoms with Crippen molar-refractivity contribution >= 4 is 23.1 Å². The minimum atomic E-state index is -0.770. The number of hydrogen-bond acceptors (Lipinski definition) is 5. The average molecular weight is 612 g/mol. The molecule has 0 bridgehead atoms. The van der Waals surface area contributed by atoms with E-state index in [0.717, 1.165) is 48.3 Å². The SMILES string of the molecule is C[C@@H](NC(=O)c1cncc(N2CCN(C(=O)C3(CF)CC3)CC2)c1)c1ccc(C(=C2CC3(CNC3)C2)c2ccc(F)cc2)cc1. The van der Waals surface area contributed by atoms with Gasteiger partial charge in [0.2, 0.25) is 5.91 Å². The van der Waals surface area contributed by atoms with Crippen molar-refractivity contribution in [3.8, 4) is 0 Å². The van der Waals surface area contributed by atoms with Crippen LogP contribution in [0.4, 0.5) is 14.5 Å². The summed E-state index contributed by atoms with van der Waals surface area (Å²) in [6.07, 6.45) is 6.69. The fourth-order valence-electron chi connectivity index (χ4n) is 7.04. The molecule has 1 atom stereocenters. The smallest absolute Gasteiger partial charge is 0.253 e. The van der Waals surface area contributed by atoms with Crippen LogP contribution in [0.15, 0.2) is 72.6 Å². The second kappa shape index (κ2) is 11.7. The molecule has 2 saturated heterocycles. The van der Waals surface area contributed by atoms with Crippen LogP contribution < -0.4 is 15.5 Å². The van der Waals surface area contributed by atoms with E-state index < -0.39 is 12.1 Å². The van der Waals surface area contributed by atoms with Gasteiger partial charge < -0.3 is 20.4 Å². The van der Waals surface area contributed by atoms with Crippen molar-refractivity contribution in [2.75, 3.05) is 50.8 Å². The van der Waals surface area contributed by atoms with Crippen molar-refractivity contribution in [3.05, 3.63) is 101 Å². The lowest BCUT2D eigenvalue weighted by Crippen LogP contribution is -2.58. The Morgan fingerprint density at radius 3 is 2.16 bits per heavy atom. The Balaban J connectivity index is 1.00. The van der Waals surface area contributed by atoms with E-state index in [1.165, 1.54) is 23.3 Å². The topological polar surface area (TPSA) is 77.6 Å². The Morgan fingerprint density at radius 1 is 0.933 bits per heavy atom. The molecule has 3 aromatic rings. The first-order chi connectivity index (χ1) is 21.8. The summed E-state index contributed by atoms with van der Waals surface area (Å²) in [5.74, 6) is -0.521. The van der Waals surface area contributed by atoms with Gasteiger partial charge in [0, 0.05) is 50.9 Å². The maximum atomic E-state index is 13.7. The van der Waals surface area contributed by atoms with Gasteiger partial charge in [-0.3, -0.25) is 14.6 Å². The number of amides is 2. The summed E-state index contributed by atoms with van der Waals surface area (Å²) < 4.78 is 27.1. The summed E-state index contributed by atoms with van der Waals surface area (Å²) in [5.41, 5.74) is 6.60. The summed E-state index contributed by atoms with van der Waals surface area (Å²) in [6, 6.07) is 16.6. The lowest BCUT2D eigenvalue weighted by molar-refractivity contribution is -0.137. The first kappa shape index (κ1) is 29.6. The Hall–Kier alpha value is -4.11. The Kier molecular flexibility index (Phi) is 7.68. The molecule has 9 heteroatoms. The van der Waals surface area contributed by atoms with Crippen molar-refractivity contribution < 1.29 is 18.4 Å². The predicted octanol–water partition coefficient (Wildman–Crippen LogP) is 5.30. The summed E-state index contributed by atoms with van der Waals surface area (Å²) >= 11 is 0. The second-order valence-corrected chi connectivity index (χ2v) is 13.4. The van der Waals surface area contributed by atoms with E-state index >= 15 is 0 Å². The number of nitrogens with zero attached hydrogens (tertiary/aromatic N) is 3. The summed E-state index contributed by atoms with van der Waals surface area (Å²) in [6.45, 7) is 5.77. The monoisotopic (exact) mass is 611 g/mol. The zero-order valence-electron chi connectivity index (χ0n) is 25.6. The minimum Gasteiger partial charge on any atom is -0.367 e. The number of anilines is 1. The number of hydrogen-bond donors (Lipinski definition) is 2. The molecular formula is C36H39F2N5O2. The number of pyridine rings is 1. The zero-order chi connectivity index (χ0) is 31.2. The summed E-state index contributed by atoms with van der Waals surface area (Å²) in [5, 5.41) is 6.50. The van der Waals surface area contributed by atoms with Gasteiger partial charge in [-0.2, -0.15) is 0 Å². The van der Waals surface area contributed by atoms with Gasteiger partial charge in [0.1, 0.15) is 12.5 Å². The number of piperazine rings is 1. The number of carbonyl (C=O) groups excluding carboxylic acids is 2. The van der Waals surface area contributed by atoms with E-state index in [1.54, 1.807) is 17.3 Å². The standard InChI is InChI=1S/C36H39F2N5O2/c1-24(25-2-4-26(5-3-25)32(27-6-8-30(38)9-7-27)29-17-35(18-29)22-40-23-35)41-33(44)28-16-31(20-39-19-28)42-12-14-43(15-13-42)34(45)36(21-37)10-11-36/h2-9,16,19-20,24,40H,10-15,17-18,21-23H2,1H3,(H,41,44)/t24-/m1/s1. The van der Waals surface area contributed by atoms with Gasteiger partial charge in [0.25, 0.3) is 5.91 Å². The van der Waals surface area contributed by atoms with Gasteiger partial charge in [-0.05, 0) is 73.1 Å². The third-order valence-corrected chi connectivity index (χ3v) is 10.2. The molecule has 1 spiro atoms. The fourth-order valence-corrected chi connectivity index (χ4v) is 7.04. The third-order valence-electron chi connectivity index (χ3n) is 10.2. The first-order valence-corrected chi connectivity index (χ1v) is 15.9.